The largest absolute Gasteiger partial charge is 0.313 e. The van der Waals surface area contributed by atoms with E-state index in [9.17, 15) is 0 Å². The Hall–Kier alpha value is -1.03. The summed E-state index contributed by atoms with van der Waals surface area (Å²) in [4.78, 5) is 4.78. The van der Waals surface area contributed by atoms with E-state index >= 15 is 0 Å². The predicted octanol–water partition coefficient (Wildman–Crippen LogP) is 3.44. The molecule has 0 amide bonds. The van der Waals surface area contributed by atoms with E-state index in [2.05, 4.69) is 9.67 Å². The lowest BCUT2D eigenvalue weighted by atomic mass is 9.89. The van der Waals surface area contributed by atoms with Crippen LogP contribution in [-0.2, 0) is 20.0 Å². The highest BCUT2D eigenvalue weighted by molar-refractivity contribution is 6.17. The van der Waals surface area contributed by atoms with Crippen LogP contribution >= 0.6 is 11.6 Å². The number of hydrogen-bond acceptors (Lipinski definition) is 2. The highest BCUT2D eigenvalue weighted by Gasteiger charge is 2.21. The van der Waals surface area contributed by atoms with Gasteiger partial charge < -0.3 is 4.57 Å². The third-order valence-corrected chi connectivity index (χ3v) is 4.64. The molecule has 4 nitrogen and oxygen atoms in total. The smallest absolute Gasteiger partial charge is 0.158 e. The summed E-state index contributed by atoms with van der Waals surface area (Å²) in [6, 6.07) is 0. The van der Waals surface area contributed by atoms with Crippen LogP contribution in [0.5, 0.6) is 0 Å². The van der Waals surface area contributed by atoms with Crippen LogP contribution in [-0.4, -0.2) is 25.2 Å². The second kappa shape index (κ2) is 5.76. The van der Waals surface area contributed by atoms with Crippen LogP contribution in [0.1, 0.15) is 43.6 Å². The number of aryl methyl sites for hydroxylation is 3. The normalized spacial score (nSPS) is 17.1. The fourth-order valence-corrected chi connectivity index (χ4v) is 3.64. The average Bonchev–Trinajstić information content (AvgIpc) is 2.92. The summed E-state index contributed by atoms with van der Waals surface area (Å²) >= 11 is 5.95. The molecule has 0 spiro atoms. The molecular weight excluding hydrogens is 272 g/mol. The molecule has 1 aliphatic carbocycles. The summed E-state index contributed by atoms with van der Waals surface area (Å²) in [6.07, 6.45) is 7.67. The first-order valence-corrected chi connectivity index (χ1v) is 8.19. The third-order valence-electron chi connectivity index (χ3n) is 4.45. The molecule has 1 fully saturated rings. The van der Waals surface area contributed by atoms with E-state index in [1.165, 1.54) is 32.1 Å². The number of nitrogens with zero attached hydrogens (tertiary/aromatic N) is 4. The second-order valence-electron chi connectivity index (χ2n) is 5.96. The van der Waals surface area contributed by atoms with Crippen LogP contribution in [0, 0.1) is 12.8 Å². The Labute approximate surface area is 125 Å². The molecular formula is C15H23ClN4. The quantitative estimate of drug-likeness (QED) is 0.810. The van der Waals surface area contributed by atoms with Crippen molar-refractivity contribution in [1.82, 2.24) is 19.3 Å². The molecule has 0 aliphatic heterocycles. The van der Waals surface area contributed by atoms with Gasteiger partial charge in [-0.3, -0.25) is 4.68 Å². The van der Waals surface area contributed by atoms with Crippen LogP contribution in [0.4, 0.5) is 0 Å². The minimum atomic E-state index is 0.625. The van der Waals surface area contributed by atoms with Crippen molar-refractivity contribution in [3.63, 3.8) is 0 Å². The summed E-state index contributed by atoms with van der Waals surface area (Å²) in [5, 5.41) is 4.51. The third kappa shape index (κ3) is 2.46. The minimum absolute atomic E-state index is 0.625. The molecule has 1 aliphatic rings. The molecule has 2 aromatic rings. The molecule has 0 bridgehead atoms. The Balaban J connectivity index is 1.98. The van der Waals surface area contributed by atoms with Crippen LogP contribution in [0.3, 0.4) is 0 Å². The van der Waals surface area contributed by atoms with Gasteiger partial charge in [0.05, 0.1) is 5.69 Å². The molecule has 0 unspecified atom stereocenters. The zero-order chi connectivity index (χ0) is 14.1. The van der Waals surface area contributed by atoms with Gasteiger partial charge in [0.1, 0.15) is 11.3 Å². The van der Waals surface area contributed by atoms with Gasteiger partial charge in [-0.1, -0.05) is 19.3 Å². The zero-order valence-electron chi connectivity index (χ0n) is 12.4. The topological polar surface area (TPSA) is 35.6 Å². The van der Waals surface area contributed by atoms with Crippen molar-refractivity contribution in [2.75, 3.05) is 5.88 Å². The second-order valence-corrected chi connectivity index (χ2v) is 6.34. The van der Waals surface area contributed by atoms with Crippen molar-refractivity contribution in [1.29, 1.82) is 0 Å². The van der Waals surface area contributed by atoms with Gasteiger partial charge in [-0.2, -0.15) is 5.10 Å². The summed E-state index contributed by atoms with van der Waals surface area (Å²) < 4.78 is 4.34. The van der Waals surface area contributed by atoms with Crippen molar-refractivity contribution in [2.45, 2.75) is 52.0 Å². The van der Waals surface area contributed by atoms with E-state index in [-0.39, 0.29) is 0 Å². The fraction of sp³-hybridized carbons (Fsp3) is 0.733. The van der Waals surface area contributed by atoms with Crippen molar-refractivity contribution >= 4 is 22.8 Å². The van der Waals surface area contributed by atoms with E-state index < -0.39 is 0 Å². The van der Waals surface area contributed by atoms with Crippen LogP contribution in [0.2, 0.25) is 0 Å². The molecule has 0 atom stereocenters. The van der Waals surface area contributed by atoms with Gasteiger partial charge in [-0.15, -0.1) is 11.6 Å². The summed E-state index contributed by atoms with van der Waals surface area (Å²) in [5.41, 5.74) is 3.22. The number of rotatable bonds is 4. The Bertz CT molecular complexity index is 593. The van der Waals surface area contributed by atoms with Gasteiger partial charge >= 0.3 is 0 Å². The minimum Gasteiger partial charge on any atom is -0.313 e. The number of imidazole rings is 1. The van der Waals surface area contributed by atoms with Gasteiger partial charge in [0.2, 0.25) is 0 Å². The van der Waals surface area contributed by atoms with Gasteiger partial charge in [0.15, 0.2) is 5.65 Å². The highest BCUT2D eigenvalue weighted by atomic mass is 35.5. The maximum absolute atomic E-state index is 5.95. The Kier molecular flexibility index (Phi) is 4.01. The van der Waals surface area contributed by atoms with Crippen molar-refractivity contribution in [3.8, 4) is 0 Å². The van der Waals surface area contributed by atoms with Crippen molar-refractivity contribution in [2.24, 2.45) is 13.0 Å². The van der Waals surface area contributed by atoms with Gasteiger partial charge in [0.25, 0.3) is 0 Å². The monoisotopic (exact) mass is 294 g/mol. The SMILES string of the molecule is Cc1nn(C)c2c1nc(CCCl)n2CC1CCCCC1. The maximum atomic E-state index is 5.95. The van der Waals surface area contributed by atoms with Gasteiger partial charge in [-0.05, 0) is 25.7 Å². The van der Waals surface area contributed by atoms with Gasteiger partial charge in [-0.25, -0.2) is 4.98 Å². The van der Waals surface area contributed by atoms with E-state index in [4.69, 9.17) is 16.6 Å². The molecule has 1 saturated carbocycles. The molecule has 0 saturated heterocycles. The molecule has 2 aromatic heterocycles. The lowest BCUT2D eigenvalue weighted by Crippen LogP contribution is -2.17. The molecule has 2 heterocycles. The number of fused-ring (bicyclic) bond motifs is 1. The van der Waals surface area contributed by atoms with E-state index in [0.717, 1.165) is 41.6 Å². The van der Waals surface area contributed by atoms with E-state index in [0.29, 0.717) is 5.88 Å². The zero-order valence-corrected chi connectivity index (χ0v) is 13.2. The van der Waals surface area contributed by atoms with Gasteiger partial charge in [0, 0.05) is 25.9 Å². The lowest BCUT2D eigenvalue weighted by Gasteiger charge is -2.23. The molecule has 20 heavy (non-hydrogen) atoms. The average molecular weight is 295 g/mol. The highest BCUT2D eigenvalue weighted by Crippen LogP contribution is 2.28. The Morgan fingerprint density at radius 2 is 2.00 bits per heavy atom. The number of halogens is 1. The summed E-state index contributed by atoms with van der Waals surface area (Å²) in [6.45, 7) is 3.10. The van der Waals surface area contributed by atoms with E-state index in [1.54, 1.807) is 0 Å². The first-order chi connectivity index (χ1) is 9.70. The van der Waals surface area contributed by atoms with Crippen molar-refractivity contribution in [3.05, 3.63) is 11.5 Å². The molecule has 110 valence electrons. The number of aromatic nitrogens is 4. The lowest BCUT2D eigenvalue weighted by molar-refractivity contribution is 0.318. The first kappa shape index (κ1) is 13.9. The summed E-state index contributed by atoms with van der Waals surface area (Å²) in [7, 11) is 2.01. The maximum Gasteiger partial charge on any atom is 0.158 e. The number of hydrogen-bond donors (Lipinski definition) is 0. The molecule has 3 rings (SSSR count). The standard InChI is InChI=1S/C15H23ClN4/c1-11-14-15(19(2)18-11)20(13(17-14)8-9-16)10-12-6-4-3-5-7-12/h12H,3-10H2,1-2H3. The van der Waals surface area contributed by atoms with Crippen LogP contribution in [0.15, 0.2) is 0 Å². The van der Waals surface area contributed by atoms with Crippen LogP contribution in [0.25, 0.3) is 11.2 Å². The number of alkyl halides is 1. The van der Waals surface area contributed by atoms with Crippen LogP contribution < -0.4 is 0 Å². The molecule has 0 radical (unpaired) electrons. The fourth-order valence-electron chi connectivity index (χ4n) is 3.48. The predicted molar refractivity (Wildman–Crippen MR) is 82.2 cm³/mol. The Morgan fingerprint density at radius 3 is 2.70 bits per heavy atom. The molecule has 5 heteroatoms. The Morgan fingerprint density at radius 1 is 1.25 bits per heavy atom. The van der Waals surface area contributed by atoms with Crippen molar-refractivity contribution < 1.29 is 0 Å². The molecule has 0 aromatic carbocycles. The first-order valence-electron chi connectivity index (χ1n) is 7.65. The summed E-state index contributed by atoms with van der Waals surface area (Å²) in [5.74, 6) is 2.53. The van der Waals surface area contributed by atoms with E-state index in [1.807, 2.05) is 18.7 Å². The molecule has 0 N–H and O–H groups in total.